The van der Waals surface area contributed by atoms with Gasteiger partial charge in [0.15, 0.2) is 0 Å². The Morgan fingerprint density at radius 3 is 2.38 bits per heavy atom. The van der Waals surface area contributed by atoms with Gasteiger partial charge in [-0.1, -0.05) is 24.3 Å². The van der Waals surface area contributed by atoms with E-state index in [0.29, 0.717) is 0 Å². The third-order valence-corrected chi connectivity index (χ3v) is 0.826. The Morgan fingerprint density at radius 1 is 1.75 bits per heavy atom. The molecule has 0 amide bonds. The molecule has 0 rings (SSSR count). The van der Waals surface area contributed by atoms with Crippen LogP contribution in [0.15, 0.2) is 24.3 Å². The highest BCUT2D eigenvalue weighted by molar-refractivity contribution is 5.13. The smallest absolute Gasteiger partial charge is 0.0698 e. The third-order valence-electron chi connectivity index (χ3n) is 0.826. The van der Waals surface area contributed by atoms with Gasteiger partial charge in [-0.25, -0.2) is 0 Å². The standard InChI is InChI=1S/C7H12O/c1-4-6(2)5-7(3)8/h4-5,7-8H,1H2,2-3H3/b6-5+/t7-/m0/s1. The van der Waals surface area contributed by atoms with Crippen LogP contribution in [0.2, 0.25) is 0 Å². The van der Waals surface area contributed by atoms with Crippen molar-refractivity contribution in [3.63, 3.8) is 0 Å². The van der Waals surface area contributed by atoms with Crippen molar-refractivity contribution in [3.05, 3.63) is 24.3 Å². The molecule has 1 heteroatoms. The molecular formula is C7H12O. The van der Waals surface area contributed by atoms with Crippen molar-refractivity contribution in [3.8, 4) is 0 Å². The highest BCUT2D eigenvalue weighted by Crippen LogP contribution is 1.94. The molecule has 0 saturated carbocycles. The highest BCUT2D eigenvalue weighted by atomic mass is 16.3. The molecule has 0 aliphatic rings. The van der Waals surface area contributed by atoms with Crippen LogP contribution < -0.4 is 0 Å². The first-order chi connectivity index (χ1) is 3.66. The van der Waals surface area contributed by atoms with Crippen LogP contribution >= 0.6 is 0 Å². The van der Waals surface area contributed by atoms with Crippen LogP contribution in [0.5, 0.6) is 0 Å². The number of hydrogen-bond donors (Lipinski definition) is 1. The summed E-state index contributed by atoms with van der Waals surface area (Å²) in [6.07, 6.45) is 3.10. The summed E-state index contributed by atoms with van der Waals surface area (Å²) in [5.41, 5.74) is 1.01. The van der Waals surface area contributed by atoms with Crippen molar-refractivity contribution in [2.75, 3.05) is 0 Å². The Bertz CT molecular complexity index is 101. The minimum atomic E-state index is -0.354. The number of rotatable bonds is 2. The SMILES string of the molecule is C=C/C(C)=C/[C@H](C)O. The number of allylic oxidation sites excluding steroid dienone is 2. The van der Waals surface area contributed by atoms with E-state index in [4.69, 9.17) is 5.11 Å². The maximum absolute atomic E-state index is 8.73. The molecule has 0 saturated heterocycles. The van der Waals surface area contributed by atoms with Crippen molar-refractivity contribution in [2.24, 2.45) is 0 Å². The average molecular weight is 112 g/mol. The maximum Gasteiger partial charge on any atom is 0.0698 e. The second-order valence-electron chi connectivity index (χ2n) is 1.86. The minimum Gasteiger partial charge on any atom is -0.389 e. The third kappa shape index (κ3) is 3.62. The van der Waals surface area contributed by atoms with E-state index in [1.807, 2.05) is 6.92 Å². The minimum absolute atomic E-state index is 0.354. The predicted octanol–water partition coefficient (Wildman–Crippen LogP) is 1.50. The van der Waals surface area contributed by atoms with E-state index < -0.39 is 0 Å². The second kappa shape index (κ2) is 3.44. The van der Waals surface area contributed by atoms with Gasteiger partial charge in [0.2, 0.25) is 0 Å². The quantitative estimate of drug-likeness (QED) is 0.537. The molecule has 0 fully saturated rings. The first-order valence-corrected chi connectivity index (χ1v) is 2.65. The van der Waals surface area contributed by atoms with Crippen LogP contribution in [0.1, 0.15) is 13.8 Å². The van der Waals surface area contributed by atoms with Gasteiger partial charge in [-0.2, -0.15) is 0 Å². The largest absolute Gasteiger partial charge is 0.389 e. The molecule has 0 bridgehead atoms. The summed E-state index contributed by atoms with van der Waals surface area (Å²) in [6.45, 7) is 7.15. The highest BCUT2D eigenvalue weighted by Gasteiger charge is 1.85. The van der Waals surface area contributed by atoms with Crippen molar-refractivity contribution >= 4 is 0 Å². The number of aliphatic hydroxyl groups is 1. The monoisotopic (exact) mass is 112 g/mol. The van der Waals surface area contributed by atoms with Gasteiger partial charge in [0.25, 0.3) is 0 Å². The molecule has 8 heavy (non-hydrogen) atoms. The Hall–Kier alpha value is -0.560. The van der Waals surface area contributed by atoms with E-state index in [2.05, 4.69) is 6.58 Å². The molecule has 0 aliphatic carbocycles. The summed E-state index contributed by atoms with van der Waals surface area (Å²) < 4.78 is 0. The zero-order chi connectivity index (χ0) is 6.57. The Morgan fingerprint density at radius 2 is 2.25 bits per heavy atom. The van der Waals surface area contributed by atoms with Crippen LogP contribution in [0.25, 0.3) is 0 Å². The van der Waals surface area contributed by atoms with E-state index in [1.165, 1.54) is 0 Å². The van der Waals surface area contributed by atoms with Crippen molar-refractivity contribution < 1.29 is 5.11 Å². The molecule has 0 heterocycles. The number of hydrogen-bond acceptors (Lipinski definition) is 1. The summed E-state index contributed by atoms with van der Waals surface area (Å²) in [6, 6.07) is 0. The van der Waals surface area contributed by atoms with Crippen LogP contribution in [-0.4, -0.2) is 11.2 Å². The summed E-state index contributed by atoms with van der Waals surface area (Å²) in [5.74, 6) is 0. The van der Waals surface area contributed by atoms with Gasteiger partial charge in [0.1, 0.15) is 0 Å². The van der Waals surface area contributed by atoms with Crippen molar-refractivity contribution in [1.82, 2.24) is 0 Å². The fourth-order valence-corrected chi connectivity index (χ4v) is 0.449. The fraction of sp³-hybridized carbons (Fsp3) is 0.429. The molecule has 1 atom stereocenters. The molecule has 1 nitrogen and oxygen atoms in total. The van der Waals surface area contributed by atoms with Gasteiger partial charge in [0.05, 0.1) is 6.10 Å². The molecule has 0 unspecified atom stereocenters. The van der Waals surface area contributed by atoms with Crippen LogP contribution in [0, 0.1) is 0 Å². The molecule has 0 aliphatic heterocycles. The van der Waals surface area contributed by atoms with Crippen LogP contribution in [0.4, 0.5) is 0 Å². The van der Waals surface area contributed by atoms with E-state index in [9.17, 15) is 0 Å². The van der Waals surface area contributed by atoms with E-state index in [0.717, 1.165) is 5.57 Å². The molecule has 0 aromatic heterocycles. The van der Waals surface area contributed by atoms with Gasteiger partial charge in [-0.3, -0.25) is 0 Å². The molecule has 1 N–H and O–H groups in total. The first-order valence-electron chi connectivity index (χ1n) is 2.65. The molecule has 0 spiro atoms. The molecule has 0 aromatic rings. The normalized spacial score (nSPS) is 15.6. The second-order valence-corrected chi connectivity index (χ2v) is 1.86. The van der Waals surface area contributed by atoms with Gasteiger partial charge < -0.3 is 5.11 Å². The summed E-state index contributed by atoms with van der Waals surface area (Å²) in [4.78, 5) is 0. The first kappa shape index (κ1) is 7.44. The molecule has 46 valence electrons. The van der Waals surface area contributed by atoms with Gasteiger partial charge in [-0.15, -0.1) is 0 Å². The lowest BCUT2D eigenvalue weighted by atomic mass is 10.2. The Kier molecular flexibility index (Phi) is 3.20. The topological polar surface area (TPSA) is 20.2 Å². The molecule has 0 radical (unpaired) electrons. The Balaban J connectivity index is 3.74. The zero-order valence-electron chi connectivity index (χ0n) is 5.39. The molecule has 0 aromatic carbocycles. The van der Waals surface area contributed by atoms with E-state index in [1.54, 1.807) is 19.1 Å². The maximum atomic E-state index is 8.73. The van der Waals surface area contributed by atoms with Gasteiger partial charge >= 0.3 is 0 Å². The van der Waals surface area contributed by atoms with Crippen molar-refractivity contribution in [2.45, 2.75) is 20.0 Å². The van der Waals surface area contributed by atoms with E-state index in [-0.39, 0.29) is 6.10 Å². The molecular weight excluding hydrogens is 100 g/mol. The lowest BCUT2D eigenvalue weighted by Gasteiger charge is -1.94. The average Bonchev–Trinajstić information content (AvgIpc) is 1.65. The lowest BCUT2D eigenvalue weighted by molar-refractivity contribution is 0.243. The lowest BCUT2D eigenvalue weighted by Crippen LogP contribution is -1.92. The fourth-order valence-electron chi connectivity index (χ4n) is 0.449. The van der Waals surface area contributed by atoms with Gasteiger partial charge in [0, 0.05) is 0 Å². The van der Waals surface area contributed by atoms with Crippen LogP contribution in [0.3, 0.4) is 0 Å². The van der Waals surface area contributed by atoms with Gasteiger partial charge in [-0.05, 0) is 13.8 Å². The predicted molar refractivity (Wildman–Crippen MR) is 35.6 cm³/mol. The van der Waals surface area contributed by atoms with Crippen molar-refractivity contribution in [1.29, 1.82) is 0 Å². The zero-order valence-corrected chi connectivity index (χ0v) is 5.39. The number of aliphatic hydroxyl groups excluding tert-OH is 1. The Labute approximate surface area is 50.3 Å². The summed E-state index contributed by atoms with van der Waals surface area (Å²) in [5, 5.41) is 8.73. The summed E-state index contributed by atoms with van der Waals surface area (Å²) >= 11 is 0. The van der Waals surface area contributed by atoms with Crippen LogP contribution in [-0.2, 0) is 0 Å². The summed E-state index contributed by atoms with van der Waals surface area (Å²) in [7, 11) is 0. The van der Waals surface area contributed by atoms with E-state index >= 15 is 0 Å².